The number of amides is 1. The summed E-state index contributed by atoms with van der Waals surface area (Å²) in [6.45, 7) is 1.41. The van der Waals surface area contributed by atoms with Crippen molar-refractivity contribution in [1.82, 2.24) is 5.32 Å². The third-order valence-corrected chi connectivity index (χ3v) is 3.57. The number of carbonyl (C=O) groups is 1. The molecule has 0 bridgehead atoms. The number of halogens is 1. The minimum atomic E-state index is -0.0494. The smallest absolute Gasteiger partial charge is 0.252 e. The lowest BCUT2D eigenvalue weighted by Crippen LogP contribution is -2.35. The van der Waals surface area contributed by atoms with Gasteiger partial charge in [0, 0.05) is 17.6 Å². The molecule has 1 aliphatic rings. The van der Waals surface area contributed by atoms with E-state index >= 15 is 0 Å². The van der Waals surface area contributed by atoms with E-state index in [1.54, 1.807) is 6.07 Å². The third kappa shape index (κ3) is 3.54. The van der Waals surface area contributed by atoms with E-state index in [2.05, 4.69) is 21.2 Å². The Bertz CT molecular complexity index is 389. The van der Waals surface area contributed by atoms with Crippen molar-refractivity contribution < 1.29 is 9.53 Å². The molecule has 1 aliphatic heterocycles. The van der Waals surface area contributed by atoms with Gasteiger partial charge in [0.2, 0.25) is 0 Å². The fourth-order valence-electron chi connectivity index (χ4n) is 1.92. The highest BCUT2D eigenvalue weighted by Gasteiger charge is 2.16. The number of rotatable bonds is 3. The predicted molar refractivity (Wildman–Crippen MR) is 70.1 cm³/mol. The topological polar surface area (TPSA) is 38.3 Å². The summed E-state index contributed by atoms with van der Waals surface area (Å²) in [5.74, 6) is -0.0494. The first kappa shape index (κ1) is 12.6. The van der Waals surface area contributed by atoms with Gasteiger partial charge in [-0.2, -0.15) is 0 Å². The molecule has 1 atom stereocenters. The zero-order valence-electron chi connectivity index (χ0n) is 9.62. The summed E-state index contributed by atoms with van der Waals surface area (Å²) in [5.41, 5.74) is 0.670. The van der Waals surface area contributed by atoms with E-state index in [0.29, 0.717) is 12.1 Å². The molecule has 1 fully saturated rings. The molecule has 0 aromatic heterocycles. The third-order valence-electron chi connectivity index (χ3n) is 2.88. The van der Waals surface area contributed by atoms with Crippen LogP contribution in [0.1, 0.15) is 29.6 Å². The molecule has 2 rings (SSSR count). The van der Waals surface area contributed by atoms with Gasteiger partial charge in [0.25, 0.3) is 5.91 Å². The summed E-state index contributed by atoms with van der Waals surface area (Å²) in [6, 6.07) is 7.43. The number of hydrogen-bond donors (Lipinski definition) is 1. The second-order valence-corrected chi connectivity index (χ2v) is 5.03. The van der Waals surface area contributed by atoms with Crippen molar-refractivity contribution in [3.05, 3.63) is 34.3 Å². The van der Waals surface area contributed by atoms with Gasteiger partial charge < -0.3 is 10.1 Å². The van der Waals surface area contributed by atoms with Crippen LogP contribution < -0.4 is 5.32 Å². The van der Waals surface area contributed by atoms with Gasteiger partial charge in [-0.25, -0.2) is 0 Å². The Morgan fingerprint density at radius 3 is 2.94 bits per heavy atom. The first-order valence-electron chi connectivity index (χ1n) is 5.91. The zero-order chi connectivity index (χ0) is 12.1. The maximum absolute atomic E-state index is 11.9. The molecule has 17 heavy (non-hydrogen) atoms. The van der Waals surface area contributed by atoms with Crippen LogP contribution in [0.4, 0.5) is 0 Å². The van der Waals surface area contributed by atoms with Gasteiger partial charge in [0.15, 0.2) is 0 Å². The van der Waals surface area contributed by atoms with Crippen LogP contribution in [0.3, 0.4) is 0 Å². The molecule has 1 amide bonds. The van der Waals surface area contributed by atoms with Crippen molar-refractivity contribution in [2.24, 2.45) is 0 Å². The van der Waals surface area contributed by atoms with E-state index in [0.717, 1.165) is 23.9 Å². The summed E-state index contributed by atoms with van der Waals surface area (Å²) in [6.07, 6.45) is 3.54. The number of nitrogens with one attached hydrogen (secondary N) is 1. The summed E-state index contributed by atoms with van der Waals surface area (Å²) >= 11 is 3.37. The van der Waals surface area contributed by atoms with Gasteiger partial charge in [-0.3, -0.25) is 4.79 Å². The number of ether oxygens (including phenoxy) is 1. The van der Waals surface area contributed by atoms with Crippen molar-refractivity contribution >= 4 is 21.8 Å². The lowest BCUT2D eigenvalue weighted by atomic mass is 10.1. The molecule has 1 heterocycles. The van der Waals surface area contributed by atoms with E-state index in [1.165, 1.54) is 6.42 Å². The summed E-state index contributed by atoms with van der Waals surface area (Å²) < 4.78 is 6.39. The fraction of sp³-hybridized carbons (Fsp3) is 0.462. The van der Waals surface area contributed by atoms with Crippen LogP contribution in [0.5, 0.6) is 0 Å². The van der Waals surface area contributed by atoms with Crippen LogP contribution in [0.15, 0.2) is 28.7 Å². The Labute approximate surface area is 110 Å². The molecule has 4 heteroatoms. The van der Waals surface area contributed by atoms with Crippen molar-refractivity contribution in [2.45, 2.75) is 25.4 Å². The Balaban J connectivity index is 1.87. The molecular weight excluding hydrogens is 282 g/mol. The van der Waals surface area contributed by atoms with Crippen LogP contribution in [-0.2, 0) is 4.74 Å². The van der Waals surface area contributed by atoms with E-state index in [4.69, 9.17) is 4.74 Å². The van der Waals surface area contributed by atoms with E-state index in [-0.39, 0.29) is 12.0 Å². The molecule has 1 saturated heterocycles. The van der Waals surface area contributed by atoms with Crippen LogP contribution >= 0.6 is 15.9 Å². The predicted octanol–water partition coefficient (Wildman–Crippen LogP) is 2.75. The van der Waals surface area contributed by atoms with E-state index < -0.39 is 0 Å². The van der Waals surface area contributed by atoms with Gasteiger partial charge in [-0.15, -0.1) is 0 Å². The molecule has 1 unspecified atom stereocenters. The molecule has 1 aromatic carbocycles. The summed E-state index contributed by atoms with van der Waals surface area (Å²) in [5, 5.41) is 2.92. The van der Waals surface area contributed by atoms with E-state index in [9.17, 15) is 4.79 Å². The Hall–Kier alpha value is -0.870. The van der Waals surface area contributed by atoms with Crippen molar-refractivity contribution in [3.63, 3.8) is 0 Å². The largest absolute Gasteiger partial charge is 0.376 e. The Kier molecular flexibility index (Phi) is 4.57. The highest BCUT2D eigenvalue weighted by Crippen LogP contribution is 2.16. The van der Waals surface area contributed by atoms with E-state index in [1.807, 2.05) is 18.2 Å². The van der Waals surface area contributed by atoms with Crippen LogP contribution in [0.2, 0.25) is 0 Å². The van der Waals surface area contributed by atoms with Gasteiger partial charge in [-0.1, -0.05) is 12.1 Å². The Morgan fingerprint density at radius 1 is 1.41 bits per heavy atom. The average Bonchev–Trinajstić information content (AvgIpc) is 2.38. The van der Waals surface area contributed by atoms with Gasteiger partial charge in [-0.05, 0) is 47.3 Å². The fourth-order valence-corrected chi connectivity index (χ4v) is 2.38. The van der Waals surface area contributed by atoms with Crippen LogP contribution in [0.25, 0.3) is 0 Å². The normalized spacial score (nSPS) is 19.9. The second-order valence-electron chi connectivity index (χ2n) is 4.18. The minimum Gasteiger partial charge on any atom is -0.376 e. The van der Waals surface area contributed by atoms with Crippen molar-refractivity contribution in [1.29, 1.82) is 0 Å². The second kappa shape index (κ2) is 6.17. The molecule has 92 valence electrons. The maximum Gasteiger partial charge on any atom is 0.252 e. The first-order chi connectivity index (χ1) is 8.27. The highest BCUT2D eigenvalue weighted by atomic mass is 79.9. The average molecular weight is 298 g/mol. The quantitative estimate of drug-likeness (QED) is 0.932. The lowest BCUT2D eigenvalue weighted by Gasteiger charge is -2.22. The number of hydrogen-bond acceptors (Lipinski definition) is 2. The highest BCUT2D eigenvalue weighted by molar-refractivity contribution is 9.10. The van der Waals surface area contributed by atoms with Gasteiger partial charge in [0.1, 0.15) is 0 Å². The molecule has 0 spiro atoms. The molecule has 0 aliphatic carbocycles. The van der Waals surface area contributed by atoms with Gasteiger partial charge >= 0.3 is 0 Å². The monoisotopic (exact) mass is 297 g/mol. The van der Waals surface area contributed by atoms with Crippen molar-refractivity contribution in [2.75, 3.05) is 13.2 Å². The maximum atomic E-state index is 11.9. The van der Waals surface area contributed by atoms with Crippen LogP contribution in [0, 0.1) is 0 Å². The molecule has 1 aromatic rings. The molecule has 1 N–H and O–H groups in total. The molecule has 0 radical (unpaired) electrons. The lowest BCUT2D eigenvalue weighted by molar-refractivity contribution is 0.0169. The standard InChI is InChI=1S/C13H16BrNO2/c14-12-7-2-1-6-11(12)13(16)15-9-10-5-3-4-8-17-10/h1-2,6-7,10H,3-5,8-9H2,(H,15,16). The zero-order valence-corrected chi connectivity index (χ0v) is 11.2. The molecule has 0 saturated carbocycles. The number of carbonyl (C=O) groups excluding carboxylic acids is 1. The van der Waals surface area contributed by atoms with Crippen LogP contribution in [-0.4, -0.2) is 25.2 Å². The molecule has 3 nitrogen and oxygen atoms in total. The summed E-state index contributed by atoms with van der Waals surface area (Å²) in [7, 11) is 0. The first-order valence-corrected chi connectivity index (χ1v) is 6.71. The SMILES string of the molecule is O=C(NCC1CCCCO1)c1ccccc1Br. The van der Waals surface area contributed by atoms with Crippen molar-refractivity contribution in [3.8, 4) is 0 Å². The molecular formula is C13H16BrNO2. The minimum absolute atomic E-state index is 0.0494. The summed E-state index contributed by atoms with van der Waals surface area (Å²) in [4.78, 5) is 11.9. The Morgan fingerprint density at radius 2 is 2.24 bits per heavy atom. The number of benzene rings is 1. The van der Waals surface area contributed by atoms with Gasteiger partial charge in [0.05, 0.1) is 11.7 Å².